The van der Waals surface area contributed by atoms with Gasteiger partial charge in [0.2, 0.25) is 0 Å². The summed E-state index contributed by atoms with van der Waals surface area (Å²) in [6.07, 6.45) is 0. The molecule has 0 spiro atoms. The highest BCUT2D eigenvalue weighted by Crippen LogP contribution is 2.46. The molecule has 0 aliphatic carbocycles. The monoisotopic (exact) mass is 577 g/mol. The first-order valence-electron chi connectivity index (χ1n) is 15.1. The van der Waals surface area contributed by atoms with Gasteiger partial charge in [0.05, 0.1) is 11.4 Å². The van der Waals surface area contributed by atoms with Crippen LogP contribution in [-0.2, 0) is 0 Å². The molecule has 6 aromatic carbocycles. The van der Waals surface area contributed by atoms with Crippen LogP contribution >= 0.6 is 0 Å². The summed E-state index contributed by atoms with van der Waals surface area (Å²) in [7, 11) is 0. The van der Waals surface area contributed by atoms with Gasteiger partial charge in [0.15, 0.2) is 17.5 Å². The number of benzene rings is 6. The lowest BCUT2D eigenvalue weighted by atomic mass is 9.64. The molecular weight excluding hydrogens is 549 g/mol. The highest BCUT2D eigenvalue weighted by atomic mass is 15.3. The smallest absolute Gasteiger partial charge is 0.360 e. The van der Waals surface area contributed by atoms with Crippen LogP contribution in [0.2, 0.25) is 0 Å². The number of fused-ring (bicyclic) bond motifs is 1. The second-order valence-corrected chi connectivity index (χ2v) is 10.9. The van der Waals surface area contributed by atoms with Crippen molar-refractivity contribution in [3.05, 3.63) is 170 Å². The van der Waals surface area contributed by atoms with Crippen LogP contribution in [0.25, 0.3) is 34.2 Å². The first-order chi connectivity index (χ1) is 22.3. The number of hydrogen-bond acceptors (Lipinski definition) is 5. The fraction of sp³-hybridized carbons (Fsp3) is 0. The second kappa shape index (κ2) is 11.6. The summed E-state index contributed by atoms with van der Waals surface area (Å²) >= 11 is 0. The van der Waals surface area contributed by atoms with E-state index >= 15 is 0 Å². The second-order valence-electron chi connectivity index (χ2n) is 10.9. The molecule has 0 bridgehead atoms. The van der Waals surface area contributed by atoms with Crippen LogP contribution < -0.4 is 15.1 Å². The average Bonchev–Trinajstić information content (AvgIpc) is 3.48. The molecule has 0 N–H and O–H groups in total. The lowest BCUT2D eigenvalue weighted by Crippen LogP contribution is -2.53. The first kappa shape index (κ1) is 26.6. The van der Waals surface area contributed by atoms with E-state index < -0.39 is 0 Å². The molecule has 8 rings (SSSR count). The Morgan fingerprint density at radius 1 is 0.356 bits per heavy atom. The van der Waals surface area contributed by atoms with Gasteiger partial charge in [-0.2, -0.15) is 0 Å². The maximum atomic E-state index is 5.00. The average molecular weight is 578 g/mol. The van der Waals surface area contributed by atoms with E-state index in [1.54, 1.807) is 0 Å². The zero-order chi connectivity index (χ0) is 30.0. The minimum Gasteiger partial charge on any atom is -0.360 e. The Labute approximate surface area is 263 Å². The fourth-order valence-electron chi connectivity index (χ4n) is 6.06. The summed E-state index contributed by atoms with van der Waals surface area (Å²) in [5, 5.41) is 0. The molecule has 7 aromatic rings. The summed E-state index contributed by atoms with van der Waals surface area (Å²) < 4.78 is 0. The summed E-state index contributed by atoms with van der Waals surface area (Å²) in [6.45, 7) is -0.0978. The number of nitrogens with zero attached hydrogens (tertiary/aromatic N) is 5. The fourth-order valence-corrected chi connectivity index (χ4v) is 6.06. The first-order valence-corrected chi connectivity index (χ1v) is 15.1. The molecule has 5 nitrogen and oxygen atoms in total. The number of anilines is 4. The molecule has 1 aromatic heterocycles. The Hall–Kier alpha value is -6.01. The van der Waals surface area contributed by atoms with Crippen LogP contribution in [-0.4, -0.2) is 21.9 Å². The van der Waals surface area contributed by atoms with E-state index in [0.717, 1.165) is 39.4 Å². The summed E-state index contributed by atoms with van der Waals surface area (Å²) in [6, 6.07) is 58.6. The van der Waals surface area contributed by atoms with E-state index in [1.807, 2.05) is 60.7 Å². The maximum Gasteiger partial charge on any atom is 0.420 e. The zero-order valence-corrected chi connectivity index (χ0v) is 24.5. The molecule has 2 heterocycles. The van der Waals surface area contributed by atoms with E-state index in [4.69, 9.17) is 15.0 Å². The number of aromatic nitrogens is 3. The van der Waals surface area contributed by atoms with Gasteiger partial charge in [-0.05, 0) is 41.9 Å². The van der Waals surface area contributed by atoms with Gasteiger partial charge in [0.25, 0.3) is 0 Å². The lowest BCUT2D eigenvalue weighted by Gasteiger charge is -2.30. The molecule has 45 heavy (non-hydrogen) atoms. The largest absolute Gasteiger partial charge is 0.420 e. The molecule has 212 valence electrons. The Morgan fingerprint density at radius 2 is 0.756 bits per heavy atom. The van der Waals surface area contributed by atoms with Crippen LogP contribution in [0.5, 0.6) is 0 Å². The SMILES string of the molecule is c1ccc(B2N(c3ccccc3)c3ccccc3N2c2cccc(-c3nc(-c4ccccc4)nc(-c4ccccc4)n3)c2)cc1. The number of hydrogen-bond donors (Lipinski definition) is 0. The van der Waals surface area contributed by atoms with Crippen molar-refractivity contribution in [2.75, 3.05) is 9.62 Å². The predicted octanol–water partition coefficient (Wildman–Crippen LogP) is 8.56. The molecule has 0 unspecified atom stereocenters. The quantitative estimate of drug-likeness (QED) is 0.185. The van der Waals surface area contributed by atoms with E-state index in [9.17, 15) is 0 Å². The molecule has 0 amide bonds. The van der Waals surface area contributed by atoms with Gasteiger partial charge in [0, 0.05) is 28.1 Å². The molecule has 0 fully saturated rings. The Balaban J connectivity index is 1.29. The van der Waals surface area contributed by atoms with E-state index in [-0.39, 0.29) is 6.98 Å². The molecular formula is C39H28BN5. The van der Waals surface area contributed by atoms with Crippen molar-refractivity contribution >= 4 is 35.2 Å². The molecule has 0 saturated carbocycles. The van der Waals surface area contributed by atoms with Crippen molar-refractivity contribution in [2.45, 2.75) is 0 Å². The molecule has 1 aliphatic heterocycles. The minimum atomic E-state index is -0.0978. The third-order valence-electron chi connectivity index (χ3n) is 8.10. The summed E-state index contributed by atoms with van der Waals surface area (Å²) in [5.41, 5.74) is 8.49. The summed E-state index contributed by atoms with van der Waals surface area (Å²) in [5.74, 6) is 1.93. The van der Waals surface area contributed by atoms with Gasteiger partial charge in [-0.25, -0.2) is 15.0 Å². The Bertz CT molecular complexity index is 2010. The third-order valence-corrected chi connectivity index (χ3v) is 8.10. The van der Waals surface area contributed by atoms with Gasteiger partial charge < -0.3 is 9.62 Å². The normalized spacial score (nSPS) is 12.3. The van der Waals surface area contributed by atoms with E-state index in [0.29, 0.717) is 17.5 Å². The van der Waals surface area contributed by atoms with Gasteiger partial charge in [0.1, 0.15) is 0 Å². The topological polar surface area (TPSA) is 45.2 Å². The lowest BCUT2D eigenvalue weighted by molar-refractivity contribution is 1.07. The van der Waals surface area contributed by atoms with Crippen LogP contribution in [0.1, 0.15) is 0 Å². The molecule has 0 atom stereocenters. The van der Waals surface area contributed by atoms with Gasteiger partial charge in [-0.1, -0.05) is 133 Å². The van der Waals surface area contributed by atoms with Crippen molar-refractivity contribution in [3.63, 3.8) is 0 Å². The van der Waals surface area contributed by atoms with Gasteiger partial charge in [-0.15, -0.1) is 0 Å². The summed E-state index contributed by atoms with van der Waals surface area (Å²) in [4.78, 5) is 19.7. The molecule has 6 heteroatoms. The van der Waals surface area contributed by atoms with Crippen LogP contribution in [0.3, 0.4) is 0 Å². The Kier molecular flexibility index (Phi) is 6.85. The molecule has 0 radical (unpaired) electrons. The van der Waals surface area contributed by atoms with Crippen LogP contribution in [0.15, 0.2) is 170 Å². The highest BCUT2D eigenvalue weighted by molar-refractivity contribution is 6.84. The highest BCUT2D eigenvalue weighted by Gasteiger charge is 2.43. The number of para-hydroxylation sites is 3. The van der Waals surface area contributed by atoms with Crippen molar-refractivity contribution in [1.82, 2.24) is 15.0 Å². The van der Waals surface area contributed by atoms with Crippen LogP contribution in [0.4, 0.5) is 22.7 Å². The van der Waals surface area contributed by atoms with Crippen molar-refractivity contribution in [2.24, 2.45) is 0 Å². The van der Waals surface area contributed by atoms with Crippen molar-refractivity contribution in [3.8, 4) is 34.2 Å². The maximum absolute atomic E-state index is 5.00. The van der Waals surface area contributed by atoms with E-state index in [2.05, 4.69) is 119 Å². The molecule has 0 saturated heterocycles. The minimum absolute atomic E-state index is 0.0978. The van der Waals surface area contributed by atoms with Gasteiger partial charge >= 0.3 is 6.98 Å². The van der Waals surface area contributed by atoms with E-state index in [1.165, 1.54) is 5.46 Å². The zero-order valence-electron chi connectivity index (χ0n) is 24.5. The van der Waals surface area contributed by atoms with Crippen LogP contribution in [0, 0.1) is 0 Å². The van der Waals surface area contributed by atoms with Crippen molar-refractivity contribution < 1.29 is 0 Å². The Morgan fingerprint density at radius 3 is 1.31 bits per heavy atom. The number of rotatable bonds is 6. The van der Waals surface area contributed by atoms with Crippen molar-refractivity contribution in [1.29, 1.82) is 0 Å². The molecule has 1 aliphatic rings. The third kappa shape index (κ3) is 5.02. The predicted molar refractivity (Wildman–Crippen MR) is 185 cm³/mol. The van der Waals surface area contributed by atoms with Gasteiger partial charge in [-0.3, -0.25) is 0 Å². The standard InChI is InChI=1S/C39H28BN5/c1-5-16-29(17-6-1)37-41-38(30-18-7-2-8-19-30)43-39(42-37)31-20-15-25-34(28-31)45-36-27-14-13-26-35(36)44(33-23-11-4-12-24-33)40(45)32-21-9-3-10-22-32/h1-28H.